The molecule has 1 unspecified atom stereocenters. The molecule has 0 saturated heterocycles. The Labute approximate surface area is 239 Å². The first kappa shape index (κ1) is 25.0. The predicted octanol–water partition coefficient (Wildman–Crippen LogP) is 9.78. The minimum absolute atomic E-state index is 0.480. The highest BCUT2D eigenvalue weighted by molar-refractivity contribution is 6.12. The van der Waals surface area contributed by atoms with Crippen LogP contribution in [0.25, 0.3) is 43.1 Å². The molecule has 7 aromatic carbocycles. The summed E-state index contributed by atoms with van der Waals surface area (Å²) in [6, 6.07) is 46.1. The Morgan fingerprint density at radius 2 is 0.951 bits per heavy atom. The summed E-state index contributed by atoms with van der Waals surface area (Å²) in [5.41, 5.74) is 2.67. The highest BCUT2D eigenvalue weighted by atomic mass is 16.4. The Bertz CT molecular complexity index is 1990. The van der Waals surface area contributed by atoms with Gasteiger partial charge in [0, 0.05) is 5.92 Å². The molecule has 0 amide bonds. The maximum atomic E-state index is 13.7. The van der Waals surface area contributed by atoms with Crippen molar-refractivity contribution in [2.45, 2.75) is 25.2 Å². The summed E-state index contributed by atoms with van der Waals surface area (Å²) in [6.07, 6.45) is 0. The van der Waals surface area contributed by atoms with Crippen LogP contribution < -0.4 is 0 Å². The van der Waals surface area contributed by atoms with E-state index in [4.69, 9.17) is 0 Å². The predicted molar refractivity (Wildman–Crippen MR) is 171 cm³/mol. The van der Waals surface area contributed by atoms with Gasteiger partial charge in [-0.25, -0.2) is 0 Å². The molecule has 7 aromatic rings. The Balaban J connectivity index is 1.68. The lowest BCUT2D eigenvalue weighted by molar-refractivity contribution is -0.143. The number of carbonyl (C=O) groups is 1. The summed E-state index contributed by atoms with van der Waals surface area (Å²) in [6.45, 7) is 3.94. The largest absolute Gasteiger partial charge is 0.481 e. The second kappa shape index (κ2) is 9.60. The molecule has 0 bridgehead atoms. The van der Waals surface area contributed by atoms with Crippen LogP contribution in [0.5, 0.6) is 0 Å². The molecule has 0 aliphatic carbocycles. The fourth-order valence-electron chi connectivity index (χ4n) is 6.75. The highest BCUT2D eigenvalue weighted by Gasteiger charge is 2.46. The average Bonchev–Trinajstić information content (AvgIpc) is 3.01. The van der Waals surface area contributed by atoms with Gasteiger partial charge in [-0.3, -0.25) is 4.79 Å². The molecule has 1 N–H and O–H groups in total. The second-order valence-corrected chi connectivity index (χ2v) is 11.3. The van der Waals surface area contributed by atoms with Crippen molar-refractivity contribution >= 4 is 49.1 Å². The van der Waals surface area contributed by atoms with Crippen molar-refractivity contribution in [3.05, 3.63) is 156 Å². The molecule has 0 fully saturated rings. The maximum absolute atomic E-state index is 13.7. The summed E-state index contributed by atoms with van der Waals surface area (Å²) in [4.78, 5) is 13.7. The molecule has 1 atom stereocenters. The lowest BCUT2D eigenvalue weighted by Crippen LogP contribution is -2.39. The molecule has 0 saturated carbocycles. The van der Waals surface area contributed by atoms with Crippen molar-refractivity contribution in [3.63, 3.8) is 0 Å². The van der Waals surface area contributed by atoms with Gasteiger partial charge in [0.2, 0.25) is 0 Å². The molecule has 0 radical (unpaired) electrons. The third-order valence-electron chi connectivity index (χ3n) is 8.89. The Kier molecular flexibility index (Phi) is 5.87. The zero-order valence-corrected chi connectivity index (χ0v) is 23.1. The lowest BCUT2D eigenvalue weighted by atomic mass is 9.64. The van der Waals surface area contributed by atoms with Gasteiger partial charge in [-0.1, -0.05) is 127 Å². The van der Waals surface area contributed by atoms with Crippen LogP contribution in [-0.4, -0.2) is 11.1 Å². The zero-order valence-electron chi connectivity index (χ0n) is 23.1. The van der Waals surface area contributed by atoms with Crippen LogP contribution >= 0.6 is 0 Å². The zero-order chi connectivity index (χ0) is 28.1. The fourth-order valence-corrected chi connectivity index (χ4v) is 6.75. The molecule has 2 nitrogen and oxygen atoms in total. The van der Waals surface area contributed by atoms with E-state index in [9.17, 15) is 9.90 Å². The number of rotatable bonds is 5. The van der Waals surface area contributed by atoms with Crippen LogP contribution in [0.15, 0.2) is 133 Å². The van der Waals surface area contributed by atoms with Crippen LogP contribution in [0.4, 0.5) is 0 Å². The first-order chi connectivity index (χ1) is 20.0. The number of carboxylic acid groups (broad SMARTS) is 1. The minimum Gasteiger partial charge on any atom is -0.481 e. The highest BCUT2D eigenvalue weighted by Crippen LogP contribution is 2.50. The van der Waals surface area contributed by atoms with Crippen molar-refractivity contribution in [1.82, 2.24) is 0 Å². The summed E-state index contributed by atoms with van der Waals surface area (Å²) in [5.74, 6) is -1.33. The van der Waals surface area contributed by atoms with Gasteiger partial charge >= 0.3 is 5.97 Å². The molecule has 2 heteroatoms. The molecule has 0 aromatic heterocycles. The quantitative estimate of drug-likeness (QED) is 0.225. The number of hydrogen-bond acceptors (Lipinski definition) is 1. The summed E-state index contributed by atoms with van der Waals surface area (Å²) >= 11 is 0. The van der Waals surface area contributed by atoms with Gasteiger partial charge in [-0.15, -0.1) is 0 Å². The van der Waals surface area contributed by atoms with Gasteiger partial charge in [0.15, 0.2) is 0 Å². The van der Waals surface area contributed by atoms with E-state index in [1.165, 1.54) is 10.8 Å². The number of fused-ring (bicyclic) bond motifs is 6. The molecule has 0 heterocycles. The maximum Gasteiger partial charge on any atom is 0.314 e. The van der Waals surface area contributed by atoms with Crippen LogP contribution in [-0.2, 0) is 10.2 Å². The number of benzene rings is 7. The molecule has 0 aliphatic rings. The third-order valence-corrected chi connectivity index (χ3v) is 8.89. The molecule has 41 heavy (non-hydrogen) atoms. The van der Waals surface area contributed by atoms with E-state index in [0.29, 0.717) is 0 Å². The van der Waals surface area contributed by atoms with Gasteiger partial charge in [0.05, 0.1) is 0 Å². The van der Waals surface area contributed by atoms with Crippen molar-refractivity contribution < 1.29 is 9.90 Å². The van der Waals surface area contributed by atoms with Gasteiger partial charge in [-0.2, -0.15) is 0 Å². The van der Waals surface area contributed by atoms with Crippen LogP contribution in [0.1, 0.15) is 35.1 Å². The number of carboxylic acids is 1. The van der Waals surface area contributed by atoms with E-state index >= 15 is 0 Å². The van der Waals surface area contributed by atoms with E-state index in [1.54, 1.807) is 0 Å². The Morgan fingerprint density at radius 1 is 0.561 bits per heavy atom. The van der Waals surface area contributed by atoms with E-state index in [2.05, 4.69) is 109 Å². The summed E-state index contributed by atoms with van der Waals surface area (Å²) in [7, 11) is 0. The molecule has 0 spiro atoms. The molecule has 0 aliphatic heterocycles. The van der Waals surface area contributed by atoms with E-state index in [0.717, 1.165) is 54.6 Å². The van der Waals surface area contributed by atoms with Gasteiger partial charge in [0.1, 0.15) is 5.41 Å². The van der Waals surface area contributed by atoms with E-state index in [-0.39, 0.29) is 0 Å². The lowest BCUT2D eigenvalue weighted by Gasteiger charge is -2.37. The molecule has 198 valence electrons. The second-order valence-electron chi connectivity index (χ2n) is 11.3. The third kappa shape index (κ3) is 3.90. The van der Waals surface area contributed by atoms with Crippen LogP contribution in [0.2, 0.25) is 0 Å². The van der Waals surface area contributed by atoms with Crippen molar-refractivity contribution in [1.29, 1.82) is 0 Å². The number of aryl methyl sites for hydroxylation is 1. The van der Waals surface area contributed by atoms with E-state index in [1.807, 2.05) is 38.1 Å². The monoisotopic (exact) mass is 530 g/mol. The average molecular weight is 531 g/mol. The van der Waals surface area contributed by atoms with Gasteiger partial charge in [0.25, 0.3) is 0 Å². The SMILES string of the molecule is Cc1ccc(C(C)(C(=O)O)C(c2cc3ccccc3c3ccccc23)c2cc3ccccc3c3ccccc23)cc1. The standard InChI is InChI=1S/C39H30O2/c1-25-19-21-28(22-20-25)39(2,38(40)41)37(35-23-26-11-3-5-13-29(26)31-15-7-9-17-33(31)35)36-24-27-12-4-6-14-30(27)32-16-8-10-18-34(32)36/h3-24,37H,1-2H3,(H,40,41). The number of aliphatic carboxylic acids is 1. The minimum atomic E-state index is -1.26. The summed E-state index contributed by atoms with van der Waals surface area (Å²) in [5, 5.41) is 20.2. The van der Waals surface area contributed by atoms with Crippen LogP contribution in [0, 0.1) is 6.92 Å². The van der Waals surface area contributed by atoms with Gasteiger partial charge < -0.3 is 5.11 Å². The van der Waals surface area contributed by atoms with E-state index < -0.39 is 17.3 Å². The number of hydrogen-bond donors (Lipinski definition) is 1. The smallest absolute Gasteiger partial charge is 0.314 e. The van der Waals surface area contributed by atoms with Crippen molar-refractivity contribution in [2.75, 3.05) is 0 Å². The first-order valence-electron chi connectivity index (χ1n) is 14.1. The molecule has 7 rings (SSSR count). The fraction of sp³-hybridized carbons (Fsp3) is 0.103. The van der Waals surface area contributed by atoms with Crippen molar-refractivity contribution in [2.24, 2.45) is 0 Å². The molecular weight excluding hydrogens is 500 g/mol. The molecular formula is C39H30O2. The van der Waals surface area contributed by atoms with Crippen LogP contribution in [0.3, 0.4) is 0 Å². The Hall–Kier alpha value is -4.95. The van der Waals surface area contributed by atoms with Gasteiger partial charge in [-0.05, 0) is 85.8 Å². The topological polar surface area (TPSA) is 37.3 Å². The first-order valence-corrected chi connectivity index (χ1v) is 14.1. The Morgan fingerprint density at radius 3 is 1.39 bits per heavy atom. The normalized spacial score (nSPS) is 13.2. The summed E-state index contributed by atoms with van der Waals surface area (Å²) < 4.78 is 0. The van der Waals surface area contributed by atoms with Crippen molar-refractivity contribution in [3.8, 4) is 0 Å².